The lowest BCUT2D eigenvalue weighted by molar-refractivity contribution is -0.133. The molecule has 2 heterocycles. The summed E-state index contributed by atoms with van der Waals surface area (Å²) in [5.74, 6) is -0.665. The summed E-state index contributed by atoms with van der Waals surface area (Å²) in [6, 6.07) is -0.632. The molecule has 25 heavy (non-hydrogen) atoms. The fourth-order valence-corrected chi connectivity index (χ4v) is 4.67. The molecule has 2 rings (SSSR count). The Morgan fingerprint density at radius 3 is 2.20 bits per heavy atom. The Morgan fingerprint density at radius 1 is 1.16 bits per heavy atom. The highest BCUT2D eigenvalue weighted by Crippen LogP contribution is 2.30. The number of hydrogen-bond donors (Lipinski definition) is 1. The van der Waals surface area contributed by atoms with Crippen LogP contribution in [0.15, 0.2) is 9.31 Å². The summed E-state index contributed by atoms with van der Waals surface area (Å²) < 4.78 is 37.3. The number of carbonyl (C=O) groups excluding carboxylic acids is 2. The first kappa shape index (κ1) is 19.4. The fraction of sp³-hybridized carbons (Fsp3) is 0.600. The van der Waals surface area contributed by atoms with Crippen molar-refractivity contribution in [3.05, 3.63) is 17.1 Å². The molecule has 0 unspecified atom stereocenters. The highest BCUT2D eigenvalue weighted by atomic mass is 32.2. The minimum atomic E-state index is -3.96. The molecule has 1 aromatic rings. The van der Waals surface area contributed by atoms with E-state index in [2.05, 4.69) is 4.74 Å². The normalized spacial score (nSPS) is 17.4. The van der Waals surface area contributed by atoms with E-state index in [9.17, 15) is 18.0 Å². The number of nitrogens with two attached hydrogens (primary N) is 1. The van der Waals surface area contributed by atoms with Gasteiger partial charge in [-0.25, -0.2) is 13.2 Å². The molecule has 0 bridgehead atoms. The third kappa shape index (κ3) is 3.55. The second-order valence-corrected chi connectivity index (χ2v) is 7.80. The summed E-state index contributed by atoms with van der Waals surface area (Å²) >= 11 is 0. The highest BCUT2D eigenvalue weighted by molar-refractivity contribution is 7.89. The monoisotopic (exact) mass is 373 g/mol. The summed E-state index contributed by atoms with van der Waals surface area (Å²) in [4.78, 5) is 25.3. The average Bonchev–Trinajstić information content (AvgIpc) is 2.88. The number of esters is 1. The Bertz CT molecular complexity index is 775. The summed E-state index contributed by atoms with van der Waals surface area (Å²) in [6.07, 6.45) is 0. The molecule has 0 spiro atoms. The molecule has 10 heteroatoms. The van der Waals surface area contributed by atoms with Crippen LogP contribution >= 0.6 is 0 Å². The molecule has 1 aliphatic rings. The molecule has 0 saturated carbocycles. The fourth-order valence-electron chi connectivity index (χ4n) is 2.88. The van der Waals surface area contributed by atoms with E-state index in [4.69, 9.17) is 10.2 Å². The van der Waals surface area contributed by atoms with Gasteiger partial charge in [0.05, 0.1) is 13.2 Å². The first-order chi connectivity index (χ1) is 11.6. The first-order valence-electron chi connectivity index (χ1n) is 7.84. The number of rotatable bonds is 4. The predicted molar refractivity (Wildman–Crippen MR) is 88.5 cm³/mol. The standard InChI is InChI=1S/C15H23N3O6S/c1-9(16)14(19)17-5-7-18(8-6-17)25(21,22)13-11(3)24-10(2)12(13)15(20)23-4/h9H,5-8,16H2,1-4H3/t9-/m1/s1. The zero-order chi connectivity index (χ0) is 18.9. The molecular weight excluding hydrogens is 350 g/mol. The Balaban J connectivity index is 2.30. The van der Waals surface area contributed by atoms with Crippen LogP contribution in [0.1, 0.15) is 28.8 Å². The van der Waals surface area contributed by atoms with Crippen LogP contribution in [0.5, 0.6) is 0 Å². The van der Waals surface area contributed by atoms with Gasteiger partial charge in [-0.15, -0.1) is 0 Å². The molecule has 0 aliphatic carbocycles. The van der Waals surface area contributed by atoms with Gasteiger partial charge in [0.15, 0.2) is 0 Å². The number of carbonyl (C=O) groups is 2. The quantitative estimate of drug-likeness (QED) is 0.729. The molecule has 9 nitrogen and oxygen atoms in total. The van der Waals surface area contributed by atoms with Gasteiger partial charge in [-0.05, 0) is 20.8 Å². The lowest BCUT2D eigenvalue weighted by atomic mass is 10.2. The molecule has 140 valence electrons. The van der Waals surface area contributed by atoms with Gasteiger partial charge in [0.2, 0.25) is 15.9 Å². The van der Waals surface area contributed by atoms with Crippen LogP contribution in [0.4, 0.5) is 0 Å². The van der Waals surface area contributed by atoms with Crippen molar-refractivity contribution in [2.45, 2.75) is 31.7 Å². The van der Waals surface area contributed by atoms with Crippen LogP contribution in [-0.4, -0.2) is 68.8 Å². The zero-order valence-electron chi connectivity index (χ0n) is 14.7. The third-order valence-electron chi connectivity index (χ3n) is 4.13. The number of hydrogen-bond acceptors (Lipinski definition) is 7. The van der Waals surface area contributed by atoms with Crippen LogP contribution in [0.25, 0.3) is 0 Å². The Hall–Kier alpha value is -1.91. The zero-order valence-corrected chi connectivity index (χ0v) is 15.6. The number of nitrogens with zero attached hydrogens (tertiary/aromatic N) is 2. The molecule has 1 fully saturated rings. The predicted octanol–water partition coefficient (Wildman–Crippen LogP) is -0.137. The number of piperazine rings is 1. The maximum Gasteiger partial charge on any atom is 0.342 e. The lowest BCUT2D eigenvalue weighted by Crippen LogP contribution is -2.53. The van der Waals surface area contributed by atoms with Crippen LogP contribution in [-0.2, 0) is 19.6 Å². The largest absolute Gasteiger partial charge is 0.465 e. The number of sulfonamides is 1. The number of furan rings is 1. The van der Waals surface area contributed by atoms with E-state index in [0.29, 0.717) is 0 Å². The summed E-state index contributed by atoms with van der Waals surface area (Å²) in [5, 5.41) is 0. The molecule has 2 N–H and O–H groups in total. The van der Waals surface area contributed by atoms with Crippen molar-refractivity contribution in [1.82, 2.24) is 9.21 Å². The summed E-state index contributed by atoms with van der Waals surface area (Å²) in [5.41, 5.74) is 5.49. The molecule has 1 aliphatic heterocycles. The number of methoxy groups -OCH3 is 1. The summed E-state index contributed by atoms with van der Waals surface area (Å²) in [6.45, 7) is 5.30. The number of aryl methyl sites for hydroxylation is 2. The second-order valence-electron chi connectivity index (χ2n) is 5.93. The smallest absolute Gasteiger partial charge is 0.342 e. The maximum absolute atomic E-state index is 13.0. The van der Waals surface area contributed by atoms with Crippen LogP contribution in [0, 0.1) is 13.8 Å². The van der Waals surface area contributed by atoms with Crippen LogP contribution < -0.4 is 5.73 Å². The molecular formula is C15H23N3O6S. The van der Waals surface area contributed by atoms with Gasteiger partial charge in [-0.2, -0.15) is 4.31 Å². The SMILES string of the molecule is COC(=O)c1c(C)oc(C)c1S(=O)(=O)N1CCN(C(=O)[C@@H](C)N)CC1. The summed E-state index contributed by atoms with van der Waals surface area (Å²) in [7, 11) is -2.78. The molecule has 1 saturated heterocycles. The molecule has 1 aromatic heterocycles. The van der Waals surface area contributed by atoms with Gasteiger partial charge in [-0.1, -0.05) is 0 Å². The topological polar surface area (TPSA) is 123 Å². The van der Waals surface area contributed by atoms with Crippen molar-refractivity contribution in [3.8, 4) is 0 Å². The molecule has 1 atom stereocenters. The van der Waals surface area contributed by atoms with Gasteiger partial charge in [0.1, 0.15) is 22.0 Å². The Kier molecular flexibility index (Phi) is 5.55. The van der Waals surface area contributed by atoms with Crippen molar-refractivity contribution < 1.29 is 27.2 Å². The first-order valence-corrected chi connectivity index (χ1v) is 9.28. The minimum absolute atomic E-state index is 0.0888. The van der Waals surface area contributed by atoms with Gasteiger partial charge in [0, 0.05) is 26.2 Å². The van der Waals surface area contributed by atoms with E-state index in [-0.39, 0.29) is 54.1 Å². The van der Waals surface area contributed by atoms with Crippen LogP contribution in [0.2, 0.25) is 0 Å². The molecule has 0 radical (unpaired) electrons. The van der Waals surface area contributed by atoms with Crippen molar-refractivity contribution in [2.24, 2.45) is 5.73 Å². The van der Waals surface area contributed by atoms with Gasteiger partial charge in [-0.3, -0.25) is 4.79 Å². The van der Waals surface area contributed by atoms with Crippen molar-refractivity contribution in [1.29, 1.82) is 0 Å². The van der Waals surface area contributed by atoms with E-state index in [0.717, 1.165) is 0 Å². The molecule has 0 aromatic carbocycles. The van der Waals surface area contributed by atoms with Gasteiger partial charge < -0.3 is 19.8 Å². The van der Waals surface area contributed by atoms with E-state index >= 15 is 0 Å². The molecule has 1 amide bonds. The Morgan fingerprint density at radius 2 is 1.72 bits per heavy atom. The second kappa shape index (κ2) is 7.14. The average molecular weight is 373 g/mol. The maximum atomic E-state index is 13.0. The Labute approximate surface area is 146 Å². The minimum Gasteiger partial charge on any atom is -0.465 e. The number of amides is 1. The van der Waals surface area contributed by atoms with E-state index in [1.54, 1.807) is 6.92 Å². The van der Waals surface area contributed by atoms with Gasteiger partial charge >= 0.3 is 5.97 Å². The van der Waals surface area contributed by atoms with E-state index in [1.165, 1.54) is 30.2 Å². The van der Waals surface area contributed by atoms with Crippen molar-refractivity contribution in [3.63, 3.8) is 0 Å². The number of ether oxygens (including phenoxy) is 1. The van der Waals surface area contributed by atoms with E-state index < -0.39 is 22.0 Å². The third-order valence-corrected chi connectivity index (χ3v) is 6.18. The highest BCUT2D eigenvalue weighted by Gasteiger charge is 2.37. The van der Waals surface area contributed by atoms with Crippen molar-refractivity contribution in [2.75, 3.05) is 33.3 Å². The van der Waals surface area contributed by atoms with Gasteiger partial charge in [0.25, 0.3) is 0 Å². The van der Waals surface area contributed by atoms with E-state index in [1.807, 2.05) is 0 Å². The van der Waals surface area contributed by atoms with Crippen molar-refractivity contribution >= 4 is 21.9 Å². The lowest BCUT2D eigenvalue weighted by Gasteiger charge is -2.34. The van der Waals surface area contributed by atoms with Crippen LogP contribution in [0.3, 0.4) is 0 Å².